The van der Waals surface area contributed by atoms with Gasteiger partial charge in [-0.2, -0.15) is 0 Å². The number of ether oxygens (including phenoxy) is 2. The Balaban J connectivity index is 2.35. The Morgan fingerprint density at radius 3 is 2.29 bits per heavy atom. The maximum atomic E-state index is 5.53. The van der Waals surface area contributed by atoms with Crippen molar-refractivity contribution in [3.63, 3.8) is 0 Å². The quantitative estimate of drug-likeness (QED) is 0.656. The first-order valence-corrected chi connectivity index (χ1v) is 8.03. The van der Waals surface area contributed by atoms with Gasteiger partial charge in [0.2, 0.25) is 0 Å². The first-order valence-electron chi connectivity index (χ1n) is 7.12. The highest BCUT2D eigenvalue weighted by molar-refractivity contribution is 9.09. The molecular weight excluding hydrogens is 328 g/mol. The zero-order valence-electron chi connectivity index (χ0n) is 12.7. The lowest BCUT2D eigenvalue weighted by molar-refractivity contribution is 0.389. The molecule has 0 saturated carbocycles. The smallest absolute Gasteiger partial charge is 0.126 e. The summed E-state index contributed by atoms with van der Waals surface area (Å²) in [5.74, 6) is 2.06. The molecule has 0 aliphatic heterocycles. The minimum absolute atomic E-state index is 0.200. The van der Waals surface area contributed by atoms with Crippen molar-refractivity contribution in [2.24, 2.45) is 0 Å². The van der Waals surface area contributed by atoms with Crippen molar-refractivity contribution >= 4 is 15.9 Å². The fourth-order valence-electron chi connectivity index (χ4n) is 2.57. The second kappa shape index (κ2) is 7.51. The molecule has 0 radical (unpaired) electrons. The molecule has 2 rings (SSSR count). The van der Waals surface area contributed by atoms with Gasteiger partial charge in [0.1, 0.15) is 11.5 Å². The number of alkyl halides is 1. The first-order chi connectivity index (χ1) is 10.2. The Morgan fingerprint density at radius 1 is 1.00 bits per heavy atom. The van der Waals surface area contributed by atoms with Gasteiger partial charge in [0.25, 0.3) is 0 Å². The maximum Gasteiger partial charge on any atom is 0.126 e. The molecular formula is C18H21BrO2. The third-order valence-corrected chi connectivity index (χ3v) is 4.89. The van der Waals surface area contributed by atoms with Gasteiger partial charge in [0, 0.05) is 22.4 Å². The van der Waals surface area contributed by atoms with E-state index in [1.165, 1.54) is 5.56 Å². The Kier molecular flexibility index (Phi) is 5.68. The molecule has 21 heavy (non-hydrogen) atoms. The van der Waals surface area contributed by atoms with E-state index in [0.29, 0.717) is 5.92 Å². The second-order valence-corrected chi connectivity index (χ2v) is 5.92. The lowest BCUT2D eigenvalue weighted by Crippen LogP contribution is -2.07. The molecule has 3 heteroatoms. The molecule has 2 aromatic rings. The van der Waals surface area contributed by atoms with Crippen molar-refractivity contribution < 1.29 is 9.47 Å². The van der Waals surface area contributed by atoms with Crippen LogP contribution in [0, 0.1) is 0 Å². The van der Waals surface area contributed by atoms with Crippen LogP contribution in [-0.2, 0) is 0 Å². The maximum absolute atomic E-state index is 5.53. The minimum atomic E-state index is 0.200. The number of rotatable bonds is 6. The van der Waals surface area contributed by atoms with E-state index in [4.69, 9.17) is 9.47 Å². The number of hydrogen-bond acceptors (Lipinski definition) is 2. The number of methoxy groups -OCH3 is 2. The van der Waals surface area contributed by atoms with Crippen molar-refractivity contribution in [3.05, 3.63) is 59.7 Å². The van der Waals surface area contributed by atoms with Gasteiger partial charge in [0.05, 0.1) is 14.2 Å². The van der Waals surface area contributed by atoms with Gasteiger partial charge in [-0.3, -0.25) is 0 Å². The monoisotopic (exact) mass is 348 g/mol. The average Bonchev–Trinajstić information content (AvgIpc) is 2.55. The summed E-state index contributed by atoms with van der Waals surface area (Å²) < 4.78 is 10.8. The molecule has 0 amide bonds. The van der Waals surface area contributed by atoms with Crippen molar-refractivity contribution in [1.29, 1.82) is 0 Å². The van der Waals surface area contributed by atoms with Crippen molar-refractivity contribution in [1.82, 2.24) is 0 Å². The topological polar surface area (TPSA) is 18.5 Å². The molecule has 0 heterocycles. The molecule has 2 aromatic carbocycles. The normalized spacial score (nSPS) is 13.5. The Bertz CT molecular complexity index is 569. The Hall–Kier alpha value is -1.48. The van der Waals surface area contributed by atoms with Gasteiger partial charge in [-0.15, -0.1) is 0 Å². The number of halogens is 1. The van der Waals surface area contributed by atoms with E-state index >= 15 is 0 Å². The van der Waals surface area contributed by atoms with Crippen molar-refractivity contribution in [3.8, 4) is 11.5 Å². The van der Waals surface area contributed by atoms with Crippen LogP contribution >= 0.6 is 15.9 Å². The van der Waals surface area contributed by atoms with Crippen LogP contribution in [0.25, 0.3) is 0 Å². The average molecular weight is 349 g/mol. The third kappa shape index (κ3) is 3.59. The van der Waals surface area contributed by atoms with E-state index in [9.17, 15) is 0 Å². The molecule has 112 valence electrons. The Morgan fingerprint density at radius 2 is 1.71 bits per heavy atom. The van der Waals surface area contributed by atoms with Gasteiger partial charge in [-0.1, -0.05) is 59.3 Å². The van der Waals surface area contributed by atoms with Gasteiger partial charge in [0.15, 0.2) is 0 Å². The van der Waals surface area contributed by atoms with Crippen LogP contribution in [0.4, 0.5) is 0 Å². The van der Waals surface area contributed by atoms with Crippen LogP contribution in [-0.4, -0.2) is 14.2 Å². The fourth-order valence-corrected chi connectivity index (χ4v) is 3.63. The SMILES string of the molecule is CCC(c1ccccc1)C(Br)c1ccc(OC)cc1OC. The van der Waals surface area contributed by atoms with Gasteiger partial charge in [-0.25, -0.2) is 0 Å². The largest absolute Gasteiger partial charge is 0.497 e. The summed E-state index contributed by atoms with van der Waals surface area (Å²) in [6.45, 7) is 2.21. The van der Waals surface area contributed by atoms with E-state index in [0.717, 1.165) is 23.5 Å². The molecule has 2 unspecified atom stereocenters. The van der Waals surface area contributed by atoms with Crippen molar-refractivity contribution in [2.75, 3.05) is 14.2 Å². The van der Waals surface area contributed by atoms with Crippen molar-refractivity contribution in [2.45, 2.75) is 24.1 Å². The van der Waals surface area contributed by atoms with E-state index in [1.54, 1.807) is 14.2 Å². The summed E-state index contributed by atoms with van der Waals surface area (Å²) >= 11 is 3.87. The Labute approximate surface area is 135 Å². The van der Waals surface area contributed by atoms with Gasteiger partial charge >= 0.3 is 0 Å². The van der Waals surface area contributed by atoms with Gasteiger partial charge in [-0.05, 0) is 18.1 Å². The zero-order chi connectivity index (χ0) is 15.2. The summed E-state index contributed by atoms with van der Waals surface area (Å²) in [6, 6.07) is 16.6. The molecule has 0 spiro atoms. The van der Waals surface area contributed by atoms with Crippen LogP contribution in [0.5, 0.6) is 11.5 Å². The molecule has 0 aliphatic rings. The van der Waals surface area contributed by atoms with Crippen LogP contribution in [0.3, 0.4) is 0 Å². The molecule has 0 aliphatic carbocycles. The van der Waals surface area contributed by atoms with Crippen LogP contribution < -0.4 is 9.47 Å². The molecule has 0 N–H and O–H groups in total. The molecule has 0 fully saturated rings. The standard InChI is InChI=1S/C18H21BrO2/c1-4-15(13-8-6-5-7-9-13)18(19)16-11-10-14(20-2)12-17(16)21-3/h5-12,15,18H,4H2,1-3H3. The lowest BCUT2D eigenvalue weighted by atomic mass is 9.89. The fraction of sp³-hybridized carbons (Fsp3) is 0.333. The predicted molar refractivity (Wildman–Crippen MR) is 90.7 cm³/mol. The second-order valence-electron chi connectivity index (χ2n) is 4.94. The molecule has 0 saturated heterocycles. The minimum Gasteiger partial charge on any atom is -0.497 e. The summed E-state index contributed by atoms with van der Waals surface area (Å²) in [7, 11) is 3.36. The van der Waals surface area contributed by atoms with E-state index < -0.39 is 0 Å². The van der Waals surface area contributed by atoms with Crippen LogP contribution in [0.15, 0.2) is 48.5 Å². The molecule has 0 aromatic heterocycles. The summed E-state index contributed by atoms with van der Waals surface area (Å²) in [5, 5.41) is 0. The van der Waals surface area contributed by atoms with Crippen LogP contribution in [0.2, 0.25) is 0 Å². The third-order valence-electron chi connectivity index (χ3n) is 3.76. The lowest BCUT2D eigenvalue weighted by Gasteiger charge is -2.24. The van der Waals surface area contributed by atoms with E-state index in [1.807, 2.05) is 18.2 Å². The van der Waals surface area contributed by atoms with Crippen LogP contribution in [0.1, 0.15) is 35.2 Å². The number of benzene rings is 2. The summed E-state index contributed by atoms with van der Waals surface area (Å²) in [4.78, 5) is 0.200. The molecule has 0 bridgehead atoms. The first kappa shape index (κ1) is 15.9. The predicted octanol–water partition coefficient (Wildman–Crippen LogP) is 5.33. The molecule has 2 nitrogen and oxygen atoms in total. The highest BCUT2D eigenvalue weighted by atomic mass is 79.9. The van der Waals surface area contributed by atoms with Gasteiger partial charge < -0.3 is 9.47 Å². The van der Waals surface area contributed by atoms with E-state index in [2.05, 4.69) is 53.2 Å². The summed E-state index contributed by atoms with van der Waals surface area (Å²) in [5.41, 5.74) is 2.48. The zero-order valence-corrected chi connectivity index (χ0v) is 14.3. The highest BCUT2D eigenvalue weighted by Gasteiger charge is 2.23. The number of hydrogen-bond donors (Lipinski definition) is 0. The highest BCUT2D eigenvalue weighted by Crippen LogP contribution is 2.44. The van der Waals surface area contributed by atoms with E-state index in [-0.39, 0.29) is 4.83 Å². The molecule has 2 atom stereocenters. The summed E-state index contributed by atoms with van der Waals surface area (Å²) in [6.07, 6.45) is 1.05.